The molecule has 0 fully saturated rings. The summed E-state index contributed by atoms with van der Waals surface area (Å²) >= 11 is 1.60. The van der Waals surface area contributed by atoms with Crippen molar-refractivity contribution >= 4 is 34.5 Å². The third kappa shape index (κ3) is 3.07. The van der Waals surface area contributed by atoms with Gasteiger partial charge < -0.3 is 10.6 Å². The number of aromatic nitrogens is 2. The Hall–Kier alpha value is -3.19. The SMILES string of the molecule is Cc1ccc(NC(=O)c2cnn3c2NC2=C(C(=O)CCC2)C3c2cccs2)cc1. The van der Waals surface area contributed by atoms with E-state index < -0.39 is 0 Å². The van der Waals surface area contributed by atoms with Crippen LogP contribution in [0.25, 0.3) is 0 Å². The Bertz CT molecular complexity index is 1130. The van der Waals surface area contributed by atoms with Crippen LogP contribution in [0.2, 0.25) is 0 Å². The minimum atomic E-state index is -0.282. The minimum absolute atomic E-state index is 0.156. The number of thiophene rings is 1. The van der Waals surface area contributed by atoms with Gasteiger partial charge in [-0.3, -0.25) is 9.59 Å². The zero-order valence-electron chi connectivity index (χ0n) is 15.9. The van der Waals surface area contributed by atoms with Crippen LogP contribution in [-0.4, -0.2) is 21.5 Å². The summed E-state index contributed by atoms with van der Waals surface area (Å²) in [5.41, 5.74) is 4.03. The van der Waals surface area contributed by atoms with Gasteiger partial charge >= 0.3 is 0 Å². The van der Waals surface area contributed by atoms with Crippen LogP contribution < -0.4 is 10.6 Å². The van der Waals surface area contributed by atoms with Crippen molar-refractivity contribution in [1.29, 1.82) is 0 Å². The number of aryl methyl sites for hydroxylation is 1. The summed E-state index contributed by atoms with van der Waals surface area (Å²) in [7, 11) is 0. The Kier molecular flexibility index (Phi) is 4.32. The summed E-state index contributed by atoms with van der Waals surface area (Å²) in [6, 6.07) is 11.4. The monoisotopic (exact) mass is 404 g/mol. The van der Waals surface area contributed by atoms with Crippen LogP contribution in [-0.2, 0) is 4.79 Å². The topological polar surface area (TPSA) is 76.0 Å². The summed E-state index contributed by atoms with van der Waals surface area (Å²) < 4.78 is 1.78. The maximum Gasteiger partial charge on any atom is 0.261 e. The number of Topliss-reactive ketones (excluding diaryl/α,β-unsaturated/α-hetero) is 1. The standard InChI is InChI=1S/C22H20N4O2S/c1-13-7-9-14(10-8-13)24-22(28)15-12-23-26-20(18-6-3-11-29-18)19-16(25-21(15)26)4-2-5-17(19)27/h3,6-12,20,25H,2,4-5H2,1H3,(H,24,28). The molecule has 1 aromatic carbocycles. The molecule has 0 saturated carbocycles. The number of rotatable bonds is 3. The van der Waals surface area contributed by atoms with Crippen molar-refractivity contribution in [2.75, 3.05) is 10.6 Å². The van der Waals surface area contributed by atoms with Crippen molar-refractivity contribution in [3.05, 3.63) is 75.2 Å². The highest BCUT2D eigenvalue weighted by Crippen LogP contribution is 2.42. The largest absolute Gasteiger partial charge is 0.343 e. The van der Waals surface area contributed by atoms with E-state index in [0.29, 0.717) is 17.8 Å². The zero-order chi connectivity index (χ0) is 20.0. The molecule has 0 radical (unpaired) electrons. The number of amides is 1. The summed E-state index contributed by atoms with van der Waals surface area (Å²) in [4.78, 5) is 26.7. The molecule has 1 amide bonds. The second kappa shape index (κ2) is 7.00. The smallest absolute Gasteiger partial charge is 0.261 e. The van der Waals surface area contributed by atoms with Gasteiger partial charge in [0.1, 0.15) is 17.4 Å². The van der Waals surface area contributed by atoms with E-state index in [1.54, 1.807) is 22.2 Å². The molecule has 29 heavy (non-hydrogen) atoms. The van der Waals surface area contributed by atoms with E-state index >= 15 is 0 Å². The van der Waals surface area contributed by atoms with E-state index in [-0.39, 0.29) is 17.7 Å². The van der Waals surface area contributed by atoms with E-state index in [4.69, 9.17) is 0 Å². The fourth-order valence-corrected chi connectivity index (χ4v) is 4.79. The van der Waals surface area contributed by atoms with Crippen molar-refractivity contribution in [2.24, 2.45) is 0 Å². The molecule has 1 aliphatic heterocycles. The summed E-state index contributed by atoms with van der Waals surface area (Å²) in [5.74, 6) is 0.573. The highest BCUT2D eigenvalue weighted by Gasteiger charge is 2.37. The Morgan fingerprint density at radius 3 is 2.83 bits per heavy atom. The van der Waals surface area contributed by atoms with Crippen LogP contribution in [0, 0.1) is 6.92 Å². The first-order chi connectivity index (χ1) is 14.1. The molecule has 3 aromatic rings. The van der Waals surface area contributed by atoms with Crippen LogP contribution in [0.15, 0.2) is 59.2 Å². The average molecular weight is 404 g/mol. The minimum Gasteiger partial charge on any atom is -0.343 e. The van der Waals surface area contributed by atoms with Gasteiger partial charge in [0.05, 0.1) is 6.20 Å². The predicted octanol–water partition coefficient (Wildman–Crippen LogP) is 4.53. The fourth-order valence-electron chi connectivity index (χ4n) is 3.97. The van der Waals surface area contributed by atoms with Gasteiger partial charge in [0.2, 0.25) is 0 Å². The lowest BCUT2D eigenvalue weighted by Crippen LogP contribution is -2.31. The molecule has 0 spiro atoms. The first-order valence-electron chi connectivity index (χ1n) is 9.64. The molecular formula is C22H20N4O2S. The lowest BCUT2D eigenvalue weighted by molar-refractivity contribution is -0.116. The van der Waals surface area contributed by atoms with E-state index in [9.17, 15) is 9.59 Å². The molecule has 6 nitrogen and oxygen atoms in total. The quantitative estimate of drug-likeness (QED) is 0.673. The Balaban J connectivity index is 1.54. The molecule has 1 atom stereocenters. The van der Waals surface area contributed by atoms with Gasteiger partial charge in [-0.25, -0.2) is 4.68 Å². The van der Waals surface area contributed by atoms with Gasteiger partial charge in [-0.05, 0) is 43.3 Å². The molecule has 0 bridgehead atoms. The predicted molar refractivity (Wildman–Crippen MR) is 113 cm³/mol. The van der Waals surface area contributed by atoms with Gasteiger partial charge in [0, 0.05) is 28.3 Å². The van der Waals surface area contributed by atoms with Gasteiger partial charge in [0.15, 0.2) is 5.78 Å². The van der Waals surface area contributed by atoms with E-state index in [2.05, 4.69) is 15.7 Å². The molecule has 2 N–H and O–H groups in total. The van der Waals surface area contributed by atoms with Crippen LogP contribution >= 0.6 is 11.3 Å². The maximum atomic E-state index is 13.0. The molecular weight excluding hydrogens is 384 g/mol. The van der Waals surface area contributed by atoms with Crippen molar-refractivity contribution < 1.29 is 9.59 Å². The molecule has 3 heterocycles. The summed E-state index contributed by atoms with van der Waals surface area (Å²) in [6.07, 6.45) is 3.75. The van der Waals surface area contributed by atoms with Gasteiger partial charge in [-0.15, -0.1) is 11.3 Å². The molecule has 5 rings (SSSR count). The van der Waals surface area contributed by atoms with Gasteiger partial charge in [0.25, 0.3) is 5.91 Å². The van der Waals surface area contributed by atoms with Crippen LogP contribution in [0.4, 0.5) is 11.5 Å². The fraction of sp³-hybridized carbons (Fsp3) is 0.227. The molecule has 7 heteroatoms. The number of hydrogen-bond acceptors (Lipinski definition) is 5. The molecule has 1 unspecified atom stereocenters. The van der Waals surface area contributed by atoms with E-state index in [1.165, 1.54) is 0 Å². The van der Waals surface area contributed by atoms with Gasteiger partial charge in [-0.1, -0.05) is 23.8 Å². The van der Waals surface area contributed by atoms with E-state index in [0.717, 1.165) is 40.2 Å². The number of nitrogens with one attached hydrogen (secondary N) is 2. The number of fused-ring (bicyclic) bond motifs is 1. The third-order valence-corrected chi connectivity index (χ3v) is 6.33. The average Bonchev–Trinajstić information content (AvgIpc) is 3.38. The second-order valence-electron chi connectivity index (χ2n) is 7.38. The maximum absolute atomic E-state index is 13.0. The van der Waals surface area contributed by atoms with Gasteiger partial charge in [-0.2, -0.15) is 5.10 Å². The third-order valence-electron chi connectivity index (χ3n) is 5.41. The first kappa shape index (κ1) is 17.9. The highest BCUT2D eigenvalue weighted by molar-refractivity contribution is 7.10. The van der Waals surface area contributed by atoms with Crippen molar-refractivity contribution in [3.63, 3.8) is 0 Å². The molecule has 2 aliphatic rings. The number of carbonyl (C=O) groups excluding carboxylic acids is 2. The number of carbonyl (C=O) groups is 2. The zero-order valence-corrected chi connectivity index (χ0v) is 16.8. The van der Waals surface area contributed by atoms with Crippen LogP contribution in [0.5, 0.6) is 0 Å². The Morgan fingerprint density at radius 2 is 2.07 bits per heavy atom. The number of allylic oxidation sites excluding steroid dienone is 2. The van der Waals surface area contributed by atoms with Crippen molar-refractivity contribution in [2.45, 2.75) is 32.2 Å². The van der Waals surface area contributed by atoms with Crippen molar-refractivity contribution in [3.8, 4) is 0 Å². The number of nitrogens with zero attached hydrogens (tertiary/aromatic N) is 2. The van der Waals surface area contributed by atoms with Crippen LogP contribution in [0.1, 0.15) is 46.1 Å². The molecule has 2 aromatic heterocycles. The van der Waals surface area contributed by atoms with Crippen LogP contribution in [0.3, 0.4) is 0 Å². The Labute approximate surface area is 172 Å². The lowest BCUT2D eigenvalue weighted by Gasteiger charge is -2.32. The molecule has 0 saturated heterocycles. The lowest BCUT2D eigenvalue weighted by atomic mass is 9.88. The molecule has 1 aliphatic carbocycles. The summed E-state index contributed by atoms with van der Waals surface area (Å²) in [6.45, 7) is 2.01. The Morgan fingerprint density at radius 1 is 1.24 bits per heavy atom. The molecule has 146 valence electrons. The number of benzene rings is 1. The van der Waals surface area contributed by atoms with Crippen molar-refractivity contribution in [1.82, 2.24) is 9.78 Å². The number of hydrogen-bond donors (Lipinski definition) is 2. The first-order valence-corrected chi connectivity index (χ1v) is 10.5. The number of ketones is 1. The summed E-state index contributed by atoms with van der Waals surface area (Å²) in [5, 5.41) is 12.8. The second-order valence-corrected chi connectivity index (χ2v) is 8.36. The normalized spacial score (nSPS) is 18.1. The highest BCUT2D eigenvalue weighted by atomic mass is 32.1. The number of anilines is 2. The van der Waals surface area contributed by atoms with E-state index in [1.807, 2.05) is 48.7 Å².